The van der Waals surface area contributed by atoms with Crippen LogP contribution in [0.1, 0.15) is 36.4 Å². The van der Waals surface area contributed by atoms with Gasteiger partial charge in [-0.25, -0.2) is 13.9 Å². The van der Waals surface area contributed by atoms with Crippen molar-refractivity contribution in [1.82, 2.24) is 14.6 Å². The summed E-state index contributed by atoms with van der Waals surface area (Å²) in [7, 11) is 0. The molecule has 3 aromatic rings. The maximum Gasteiger partial charge on any atom is 0.137 e. The maximum atomic E-state index is 15.1. The fourth-order valence-electron chi connectivity index (χ4n) is 3.32. The number of nitrogens with two attached hydrogens (primary N) is 1. The summed E-state index contributed by atoms with van der Waals surface area (Å²) in [6, 6.07) is 7.47. The first-order chi connectivity index (χ1) is 10.8. The minimum absolute atomic E-state index is 0. The molecule has 0 saturated heterocycles. The molecule has 1 aromatic carbocycles. The van der Waals surface area contributed by atoms with Crippen LogP contribution in [0.4, 0.5) is 4.39 Å². The van der Waals surface area contributed by atoms with Gasteiger partial charge in [-0.1, -0.05) is 12.5 Å². The first-order valence-electron chi connectivity index (χ1n) is 7.61. The fraction of sp³-hybridized carbons (Fsp3) is 0.294. The van der Waals surface area contributed by atoms with Crippen molar-refractivity contribution in [3.05, 3.63) is 53.7 Å². The molecule has 1 atom stereocenters. The molecule has 2 aromatic heterocycles. The normalized spacial score (nSPS) is 17.4. The third kappa shape index (κ3) is 2.60. The van der Waals surface area contributed by atoms with Gasteiger partial charge in [0.25, 0.3) is 0 Å². The Labute approximate surface area is 139 Å². The van der Waals surface area contributed by atoms with Gasteiger partial charge in [-0.2, -0.15) is 5.10 Å². The Kier molecular flexibility index (Phi) is 4.33. The molecule has 6 heteroatoms. The second-order valence-electron chi connectivity index (χ2n) is 5.79. The lowest BCUT2D eigenvalue weighted by molar-refractivity contribution is 0.606. The Hall–Kier alpha value is -1.98. The van der Waals surface area contributed by atoms with E-state index in [2.05, 4.69) is 10.1 Å². The van der Waals surface area contributed by atoms with E-state index in [0.29, 0.717) is 11.3 Å². The largest absolute Gasteiger partial charge is 0.324 e. The second kappa shape index (κ2) is 6.26. The van der Waals surface area contributed by atoms with Crippen LogP contribution in [0.15, 0.2) is 36.8 Å². The van der Waals surface area contributed by atoms with E-state index in [1.54, 1.807) is 10.6 Å². The van der Waals surface area contributed by atoms with E-state index < -0.39 is 0 Å². The average molecular weight is 333 g/mol. The molecule has 0 aliphatic heterocycles. The average Bonchev–Trinajstić information content (AvgIpc) is 2.93. The van der Waals surface area contributed by atoms with Crippen LogP contribution in [0.2, 0.25) is 0 Å². The summed E-state index contributed by atoms with van der Waals surface area (Å²) in [5.41, 5.74) is 9.84. The van der Waals surface area contributed by atoms with Gasteiger partial charge >= 0.3 is 0 Å². The van der Waals surface area contributed by atoms with Gasteiger partial charge in [0, 0.05) is 17.8 Å². The van der Waals surface area contributed by atoms with Crippen molar-refractivity contribution in [1.29, 1.82) is 0 Å². The number of nitrogens with zero attached hydrogens (tertiary/aromatic N) is 3. The number of hydrogen-bond acceptors (Lipinski definition) is 3. The number of fused-ring (bicyclic) bond motifs is 2. The van der Waals surface area contributed by atoms with Crippen molar-refractivity contribution < 1.29 is 4.39 Å². The summed E-state index contributed by atoms with van der Waals surface area (Å²) >= 11 is 0. The van der Waals surface area contributed by atoms with Crippen molar-refractivity contribution in [2.45, 2.75) is 31.7 Å². The molecule has 23 heavy (non-hydrogen) atoms. The van der Waals surface area contributed by atoms with Crippen LogP contribution in [0.25, 0.3) is 16.8 Å². The van der Waals surface area contributed by atoms with Crippen LogP contribution < -0.4 is 5.73 Å². The molecule has 0 saturated carbocycles. The first-order valence-corrected chi connectivity index (χ1v) is 7.61. The zero-order valence-electron chi connectivity index (χ0n) is 12.6. The van der Waals surface area contributed by atoms with Crippen molar-refractivity contribution in [3.63, 3.8) is 0 Å². The van der Waals surface area contributed by atoms with Gasteiger partial charge in [0.15, 0.2) is 0 Å². The molecule has 2 N–H and O–H groups in total. The van der Waals surface area contributed by atoms with Crippen LogP contribution in [0, 0.1) is 5.82 Å². The molecule has 0 radical (unpaired) electrons. The van der Waals surface area contributed by atoms with E-state index in [0.717, 1.165) is 42.3 Å². The van der Waals surface area contributed by atoms with Gasteiger partial charge in [-0.15, -0.1) is 12.4 Å². The molecular weight excluding hydrogens is 315 g/mol. The summed E-state index contributed by atoms with van der Waals surface area (Å²) in [5.74, 6) is -0.184. The molecule has 2 heterocycles. The van der Waals surface area contributed by atoms with Crippen molar-refractivity contribution in [2.75, 3.05) is 0 Å². The third-order valence-corrected chi connectivity index (χ3v) is 4.46. The summed E-state index contributed by atoms with van der Waals surface area (Å²) in [6.45, 7) is 0. The highest BCUT2D eigenvalue weighted by molar-refractivity contribution is 5.85. The van der Waals surface area contributed by atoms with Crippen LogP contribution in [-0.4, -0.2) is 14.6 Å². The maximum absolute atomic E-state index is 15.1. The lowest BCUT2D eigenvalue weighted by atomic mass is 9.95. The smallest absolute Gasteiger partial charge is 0.137 e. The highest BCUT2D eigenvalue weighted by Crippen LogP contribution is 2.34. The number of benzene rings is 1. The summed E-state index contributed by atoms with van der Waals surface area (Å²) < 4.78 is 16.8. The van der Waals surface area contributed by atoms with Crippen molar-refractivity contribution >= 4 is 17.9 Å². The van der Waals surface area contributed by atoms with Gasteiger partial charge in [0.2, 0.25) is 0 Å². The molecule has 0 spiro atoms. The van der Waals surface area contributed by atoms with E-state index >= 15 is 4.39 Å². The molecule has 0 fully saturated rings. The lowest BCUT2D eigenvalue weighted by Crippen LogP contribution is -2.12. The quantitative estimate of drug-likeness (QED) is 0.691. The minimum atomic E-state index is -0.184. The highest BCUT2D eigenvalue weighted by atomic mass is 35.5. The molecule has 120 valence electrons. The van der Waals surface area contributed by atoms with Crippen LogP contribution in [0.5, 0.6) is 0 Å². The number of rotatable bonds is 1. The summed E-state index contributed by atoms with van der Waals surface area (Å²) in [4.78, 5) is 4.30. The SMILES string of the molecule is Cl.NC1CCCCc2c1ccc(-c1ncnn3cccc13)c2F. The zero-order chi connectivity index (χ0) is 15.1. The molecule has 0 amide bonds. The molecule has 1 aliphatic rings. The third-order valence-electron chi connectivity index (χ3n) is 4.46. The minimum Gasteiger partial charge on any atom is -0.324 e. The van der Waals surface area contributed by atoms with Gasteiger partial charge in [-0.05, 0) is 48.6 Å². The summed E-state index contributed by atoms with van der Waals surface area (Å²) in [6.07, 6.45) is 6.97. The second-order valence-corrected chi connectivity index (χ2v) is 5.79. The van der Waals surface area contributed by atoms with E-state index in [1.807, 2.05) is 24.4 Å². The van der Waals surface area contributed by atoms with Gasteiger partial charge in [0.05, 0.1) is 5.52 Å². The van der Waals surface area contributed by atoms with Gasteiger partial charge in [-0.3, -0.25) is 0 Å². The van der Waals surface area contributed by atoms with Crippen LogP contribution in [-0.2, 0) is 6.42 Å². The number of hydrogen-bond donors (Lipinski definition) is 1. The fourth-order valence-corrected chi connectivity index (χ4v) is 3.32. The Morgan fingerprint density at radius 1 is 1.22 bits per heavy atom. The Morgan fingerprint density at radius 3 is 2.96 bits per heavy atom. The zero-order valence-corrected chi connectivity index (χ0v) is 13.4. The molecule has 0 bridgehead atoms. The molecule has 4 rings (SSSR count). The van der Waals surface area contributed by atoms with Crippen molar-refractivity contribution in [2.24, 2.45) is 5.73 Å². The first kappa shape index (κ1) is 15.9. The number of aromatic nitrogens is 3. The topological polar surface area (TPSA) is 56.2 Å². The van der Waals surface area contributed by atoms with Gasteiger partial charge in [0.1, 0.15) is 17.8 Å². The van der Waals surface area contributed by atoms with E-state index in [-0.39, 0.29) is 24.3 Å². The predicted molar refractivity (Wildman–Crippen MR) is 90.1 cm³/mol. The Morgan fingerprint density at radius 2 is 2.09 bits per heavy atom. The Bertz CT molecular complexity index is 846. The predicted octanol–water partition coefficient (Wildman–Crippen LogP) is 3.68. The molecule has 1 unspecified atom stereocenters. The van der Waals surface area contributed by atoms with Gasteiger partial charge < -0.3 is 5.73 Å². The van der Waals surface area contributed by atoms with E-state index in [9.17, 15) is 0 Å². The van der Waals surface area contributed by atoms with E-state index in [1.165, 1.54) is 6.33 Å². The number of halogens is 2. The monoisotopic (exact) mass is 332 g/mol. The van der Waals surface area contributed by atoms with E-state index in [4.69, 9.17) is 5.73 Å². The van der Waals surface area contributed by atoms with Crippen LogP contribution in [0.3, 0.4) is 0 Å². The summed E-state index contributed by atoms with van der Waals surface area (Å²) in [5, 5.41) is 4.13. The lowest BCUT2D eigenvalue weighted by Gasteiger charge is -2.15. The standard InChI is InChI=1S/C17H17FN4.ClH/c18-16-12-4-1-2-5-14(19)11(12)7-8-13(16)17-15-6-3-9-22(15)21-10-20-17;/h3,6-10,14H,1-2,4-5,19H2;1H. The Balaban J connectivity index is 0.00000156. The highest BCUT2D eigenvalue weighted by Gasteiger charge is 2.22. The van der Waals surface area contributed by atoms with Crippen LogP contribution >= 0.6 is 12.4 Å². The molecule has 1 aliphatic carbocycles. The van der Waals surface area contributed by atoms with Crippen molar-refractivity contribution in [3.8, 4) is 11.3 Å². The molecular formula is C17H18ClFN4. The molecule has 4 nitrogen and oxygen atoms in total.